The third-order valence-electron chi connectivity index (χ3n) is 15.9. The van der Waals surface area contributed by atoms with E-state index in [9.17, 15) is 14.4 Å². The van der Waals surface area contributed by atoms with E-state index in [-0.39, 0.29) is 31.1 Å². The molecular weight excluding hydrogens is 1010 g/mol. The number of carbonyl (C=O) groups is 3. The number of hydrogen-bond acceptors (Lipinski definition) is 6. The Balaban J connectivity index is 4.30. The zero-order valence-corrected chi connectivity index (χ0v) is 54.8. The highest BCUT2D eigenvalue weighted by atomic mass is 16.6. The van der Waals surface area contributed by atoms with Crippen LogP contribution in [0.2, 0.25) is 0 Å². The van der Waals surface area contributed by atoms with Crippen LogP contribution in [-0.4, -0.2) is 37.2 Å². The molecule has 0 radical (unpaired) electrons. The van der Waals surface area contributed by atoms with Crippen LogP contribution in [0.1, 0.15) is 374 Å². The monoisotopic (exact) mass is 1150 g/mol. The Hall–Kier alpha value is -3.15. The molecule has 0 amide bonds. The molecule has 0 bridgehead atoms. The fraction of sp³-hybridized carbons (Fsp3) is 0.803. The zero-order chi connectivity index (χ0) is 59.2. The summed E-state index contributed by atoms with van der Waals surface area (Å²) in [6.07, 6.45) is 92.1. The van der Waals surface area contributed by atoms with Gasteiger partial charge in [0.25, 0.3) is 0 Å². The van der Waals surface area contributed by atoms with Crippen molar-refractivity contribution in [3.8, 4) is 0 Å². The van der Waals surface area contributed by atoms with Crippen LogP contribution in [0, 0.1) is 0 Å². The van der Waals surface area contributed by atoms with Crippen molar-refractivity contribution in [3.05, 3.63) is 72.9 Å². The first-order valence-electron chi connectivity index (χ1n) is 35.9. The van der Waals surface area contributed by atoms with E-state index >= 15 is 0 Å². The van der Waals surface area contributed by atoms with E-state index in [4.69, 9.17) is 14.2 Å². The summed E-state index contributed by atoms with van der Waals surface area (Å²) in [7, 11) is 0. The number of rotatable bonds is 66. The standard InChI is InChI=1S/C76H136O6/c1-4-7-10-13-16-19-22-25-28-31-34-35-36-37-38-39-40-41-43-45-48-51-54-57-60-63-66-69-75(78)81-72-73(71-80-74(77)68-65-62-59-56-53-50-47-44-33-30-27-24-21-18-15-12-9-6-3)82-76(79)70-67-64-61-58-55-52-49-46-42-32-29-26-23-20-17-14-11-8-5-2/h7,10,16,19,21,24-25,28,30,33-35,73H,4-6,8-9,11-15,17-18,20,22-23,26-27,29,31-32,36-72H2,1-3H3/b10-7-,19-16-,24-21-,28-25-,33-30-,35-34-. The van der Waals surface area contributed by atoms with Crippen LogP contribution in [0.4, 0.5) is 0 Å². The number of ether oxygens (including phenoxy) is 3. The highest BCUT2D eigenvalue weighted by molar-refractivity contribution is 5.71. The van der Waals surface area contributed by atoms with Crippen molar-refractivity contribution in [1.82, 2.24) is 0 Å². The fourth-order valence-electron chi connectivity index (χ4n) is 10.6. The van der Waals surface area contributed by atoms with E-state index in [0.29, 0.717) is 19.3 Å². The van der Waals surface area contributed by atoms with Crippen LogP contribution in [0.15, 0.2) is 72.9 Å². The minimum Gasteiger partial charge on any atom is -0.462 e. The molecular formula is C76H136O6. The third-order valence-corrected chi connectivity index (χ3v) is 15.9. The molecule has 0 rings (SSSR count). The van der Waals surface area contributed by atoms with Crippen molar-refractivity contribution >= 4 is 17.9 Å². The molecule has 0 aliphatic carbocycles. The molecule has 0 N–H and O–H groups in total. The topological polar surface area (TPSA) is 78.9 Å². The fourth-order valence-corrected chi connectivity index (χ4v) is 10.6. The van der Waals surface area contributed by atoms with Gasteiger partial charge in [-0.15, -0.1) is 0 Å². The summed E-state index contributed by atoms with van der Waals surface area (Å²) in [6, 6.07) is 0. The third kappa shape index (κ3) is 67.6. The SMILES string of the molecule is CC/C=C\C/C=C\C/C=C\C/C=C\CCCCCCCCCCCCCCCCC(=O)OCC(COC(=O)CCCCCCCCC/C=C\C/C=C\CCCCCC)OC(=O)CCCCCCCCCCCCCCCCCCCCC. The molecule has 0 aromatic carbocycles. The molecule has 1 unspecified atom stereocenters. The number of esters is 3. The molecule has 0 saturated heterocycles. The predicted octanol–water partition coefficient (Wildman–Crippen LogP) is 24.8. The van der Waals surface area contributed by atoms with Gasteiger partial charge in [-0.25, -0.2) is 0 Å². The molecule has 0 saturated carbocycles. The predicted molar refractivity (Wildman–Crippen MR) is 358 cm³/mol. The Bertz CT molecular complexity index is 1500. The lowest BCUT2D eigenvalue weighted by atomic mass is 10.0. The highest BCUT2D eigenvalue weighted by Gasteiger charge is 2.19. The minimum atomic E-state index is -0.778. The van der Waals surface area contributed by atoms with Crippen molar-refractivity contribution in [3.63, 3.8) is 0 Å². The number of carbonyl (C=O) groups excluding carboxylic acids is 3. The van der Waals surface area contributed by atoms with Gasteiger partial charge in [0.05, 0.1) is 0 Å². The molecule has 0 fully saturated rings. The summed E-state index contributed by atoms with van der Waals surface area (Å²) in [4.78, 5) is 38.5. The molecule has 0 heterocycles. The van der Waals surface area contributed by atoms with Gasteiger partial charge in [0, 0.05) is 19.3 Å². The second kappa shape index (κ2) is 70.3. The van der Waals surface area contributed by atoms with E-state index in [0.717, 1.165) is 96.3 Å². The number of hydrogen-bond donors (Lipinski definition) is 0. The van der Waals surface area contributed by atoms with Gasteiger partial charge < -0.3 is 14.2 Å². The Morgan fingerprint density at radius 3 is 0.756 bits per heavy atom. The second-order valence-electron chi connectivity index (χ2n) is 24.1. The zero-order valence-electron chi connectivity index (χ0n) is 54.8. The summed E-state index contributed by atoms with van der Waals surface area (Å²) in [5, 5.41) is 0. The number of allylic oxidation sites excluding steroid dienone is 12. The Morgan fingerprint density at radius 2 is 0.476 bits per heavy atom. The molecule has 6 nitrogen and oxygen atoms in total. The van der Waals surface area contributed by atoms with Gasteiger partial charge in [0.15, 0.2) is 6.10 Å². The Labute approximate surface area is 510 Å². The van der Waals surface area contributed by atoms with Crippen LogP contribution >= 0.6 is 0 Å². The van der Waals surface area contributed by atoms with Crippen molar-refractivity contribution in [2.24, 2.45) is 0 Å². The summed E-state index contributed by atoms with van der Waals surface area (Å²) in [6.45, 7) is 6.57. The molecule has 82 heavy (non-hydrogen) atoms. The van der Waals surface area contributed by atoms with Crippen LogP contribution < -0.4 is 0 Å². The van der Waals surface area contributed by atoms with Gasteiger partial charge in [0.1, 0.15) is 13.2 Å². The van der Waals surface area contributed by atoms with E-state index in [1.165, 1.54) is 238 Å². The van der Waals surface area contributed by atoms with Crippen LogP contribution in [0.25, 0.3) is 0 Å². The maximum absolute atomic E-state index is 13.0. The molecule has 0 aromatic heterocycles. The van der Waals surface area contributed by atoms with Crippen molar-refractivity contribution in [2.45, 2.75) is 380 Å². The maximum Gasteiger partial charge on any atom is 0.306 e. The molecule has 0 spiro atoms. The smallest absolute Gasteiger partial charge is 0.306 e. The van der Waals surface area contributed by atoms with Crippen molar-refractivity contribution < 1.29 is 28.6 Å². The van der Waals surface area contributed by atoms with Gasteiger partial charge in [-0.1, -0.05) is 338 Å². The Morgan fingerprint density at radius 1 is 0.256 bits per heavy atom. The lowest BCUT2D eigenvalue weighted by Crippen LogP contribution is -2.30. The van der Waals surface area contributed by atoms with Gasteiger partial charge >= 0.3 is 17.9 Å². The second-order valence-corrected chi connectivity index (χ2v) is 24.1. The summed E-state index contributed by atoms with van der Waals surface area (Å²) >= 11 is 0. The van der Waals surface area contributed by atoms with Crippen molar-refractivity contribution in [2.75, 3.05) is 13.2 Å². The van der Waals surface area contributed by atoms with Crippen LogP contribution in [-0.2, 0) is 28.6 Å². The first-order chi connectivity index (χ1) is 40.5. The summed E-state index contributed by atoms with van der Waals surface area (Å²) in [5.41, 5.74) is 0. The molecule has 0 aliphatic heterocycles. The molecule has 6 heteroatoms. The Kier molecular flexibility index (Phi) is 67.6. The quantitative estimate of drug-likeness (QED) is 0.0261. The maximum atomic E-state index is 13.0. The van der Waals surface area contributed by atoms with Crippen molar-refractivity contribution in [1.29, 1.82) is 0 Å². The van der Waals surface area contributed by atoms with E-state index < -0.39 is 6.10 Å². The normalized spacial score (nSPS) is 12.5. The molecule has 0 aromatic rings. The van der Waals surface area contributed by atoms with Gasteiger partial charge in [-0.3, -0.25) is 14.4 Å². The van der Waals surface area contributed by atoms with Gasteiger partial charge in [0.2, 0.25) is 0 Å². The van der Waals surface area contributed by atoms with Gasteiger partial charge in [-0.05, 0) is 89.9 Å². The largest absolute Gasteiger partial charge is 0.462 e. The van der Waals surface area contributed by atoms with E-state index in [1.54, 1.807) is 0 Å². The average Bonchev–Trinajstić information content (AvgIpc) is 3.47. The van der Waals surface area contributed by atoms with Gasteiger partial charge in [-0.2, -0.15) is 0 Å². The molecule has 476 valence electrons. The lowest BCUT2D eigenvalue weighted by molar-refractivity contribution is -0.167. The molecule has 1 atom stereocenters. The highest BCUT2D eigenvalue weighted by Crippen LogP contribution is 2.18. The van der Waals surface area contributed by atoms with E-state index in [1.807, 2.05) is 0 Å². The van der Waals surface area contributed by atoms with E-state index in [2.05, 4.69) is 93.7 Å². The molecule has 0 aliphatic rings. The van der Waals surface area contributed by atoms with Crippen LogP contribution in [0.3, 0.4) is 0 Å². The minimum absolute atomic E-state index is 0.0736. The van der Waals surface area contributed by atoms with Crippen LogP contribution in [0.5, 0.6) is 0 Å². The average molecular weight is 1150 g/mol. The first-order valence-corrected chi connectivity index (χ1v) is 35.9. The summed E-state index contributed by atoms with van der Waals surface area (Å²) in [5.74, 6) is -0.857. The first kappa shape index (κ1) is 78.8. The summed E-state index contributed by atoms with van der Waals surface area (Å²) < 4.78 is 17.0. The lowest BCUT2D eigenvalue weighted by Gasteiger charge is -2.18. The number of unbranched alkanes of at least 4 members (excludes halogenated alkanes) is 43.